The van der Waals surface area contributed by atoms with Gasteiger partial charge in [0.25, 0.3) is 5.91 Å². The van der Waals surface area contributed by atoms with Gasteiger partial charge in [-0.2, -0.15) is 0 Å². The van der Waals surface area contributed by atoms with Crippen molar-refractivity contribution in [2.45, 2.75) is 52.7 Å². The molecule has 0 bridgehead atoms. The second-order valence-electron chi connectivity index (χ2n) is 8.53. The minimum Gasteiger partial charge on any atom is -0.363 e. The van der Waals surface area contributed by atoms with Gasteiger partial charge in [-0.1, -0.05) is 31.5 Å². The van der Waals surface area contributed by atoms with Crippen LogP contribution in [0.2, 0.25) is 0 Å². The largest absolute Gasteiger partial charge is 0.363 e. The molecule has 2 atom stereocenters. The Balaban J connectivity index is 1.50. The number of aryl methyl sites for hydroxylation is 2. The van der Waals surface area contributed by atoms with Gasteiger partial charge in [-0.15, -0.1) is 0 Å². The molecule has 2 heterocycles. The highest BCUT2D eigenvalue weighted by Gasteiger charge is 2.32. The molecule has 28 heavy (non-hydrogen) atoms. The number of carbonyl (C=O) groups excluding carboxylic acids is 1. The summed E-state index contributed by atoms with van der Waals surface area (Å²) in [5.74, 6) is 0.538. The van der Waals surface area contributed by atoms with E-state index >= 15 is 0 Å². The Hall–Kier alpha value is -2.33. The standard InChI is InChI=1S/C24H31N3O/c1-4-6-19-12-27(15-23(19)25)24(28)18-7-5-8-22(11-18)26-13-20-9-16(2)17(3)10-21(20)14-26/h5,7-11,19,23H,4,6,12-15,25H2,1-3H3/t19-,23-/m1/s1. The third-order valence-corrected chi connectivity index (χ3v) is 6.43. The summed E-state index contributed by atoms with van der Waals surface area (Å²) in [7, 11) is 0. The molecule has 4 heteroatoms. The van der Waals surface area contributed by atoms with Gasteiger partial charge >= 0.3 is 0 Å². The molecule has 2 aromatic carbocycles. The van der Waals surface area contributed by atoms with Gasteiger partial charge in [-0.25, -0.2) is 0 Å². The van der Waals surface area contributed by atoms with Crippen LogP contribution in [0.3, 0.4) is 0 Å². The van der Waals surface area contributed by atoms with Gasteiger partial charge in [0.1, 0.15) is 0 Å². The Morgan fingerprint density at radius 2 is 1.75 bits per heavy atom. The van der Waals surface area contributed by atoms with Crippen molar-refractivity contribution in [3.05, 3.63) is 64.2 Å². The number of rotatable bonds is 4. The number of anilines is 1. The summed E-state index contributed by atoms with van der Waals surface area (Å²) >= 11 is 0. The van der Waals surface area contributed by atoms with E-state index in [0.717, 1.165) is 43.7 Å². The molecule has 1 amide bonds. The Morgan fingerprint density at radius 1 is 1.07 bits per heavy atom. The summed E-state index contributed by atoms with van der Waals surface area (Å²) in [6.07, 6.45) is 2.21. The third kappa shape index (κ3) is 3.53. The second-order valence-corrected chi connectivity index (χ2v) is 8.53. The van der Waals surface area contributed by atoms with E-state index < -0.39 is 0 Å². The first-order valence-corrected chi connectivity index (χ1v) is 10.4. The average molecular weight is 378 g/mol. The maximum absolute atomic E-state index is 13.1. The van der Waals surface area contributed by atoms with Gasteiger partial charge < -0.3 is 15.5 Å². The van der Waals surface area contributed by atoms with E-state index in [0.29, 0.717) is 12.5 Å². The number of carbonyl (C=O) groups is 1. The quantitative estimate of drug-likeness (QED) is 0.875. The van der Waals surface area contributed by atoms with Crippen molar-refractivity contribution in [1.82, 2.24) is 4.90 Å². The topological polar surface area (TPSA) is 49.6 Å². The lowest BCUT2D eigenvalue weighted by Gasteiger charge is -2.20. The number of nitrogens with two attached hydrogens (primary N) is 1. The summed E-state index contributed by atoms with van der Waals surface area (Å²) in [5, 5.41) is 0. The Labute approximate surface area is 168 Å². The van der Waals surface area contributed by atoms with Gasteiger partial charge in [0.05, 0.1) is 0 Å². The molecule has 0 aliphatic carbocycles. The van der Waals surface area contributed by atoms with Crippen molar-refractivity contribution in [3.8, 4) is 0 Å². The van der Waals surface area contributed by atoms with E-state index in [2.05, 4.69) is 43.9 Å². The van der Waals surface area contributed by atoms with Crippen LogP contribution in [0.15, 0.2) is 36.4 Å². The van der Waals surface area contributed by atoms with Crippen molar-refractivity contribution >= 4 is 11.6 Å². The summed E-state index contributed by atoms with van der Waals surface area (Å²) in [4.78, 5) is 17.4. The van der Waals surface area contributed by atoms with E-state index in [1.807, 2.05) is 23.1 Å². The predicted octanol–water partition coefficient (Wildman–Crippen LogP) is 4.02. The number of nitrogens with zero attached hydrogens (tertiary/aromatic N) is 2. The molecule has 2 aromatic rings. The van der Waals surface area contributed by atoms with Crippen LogP contribution in [0.4, 0.5) is 5.69 Å². The number of benzene rings is 2. The average Bonchev–Trinajstić information content (AvgIpc) is 3.25. The lowest BCUT2D eigenvalue weighted by atomic mass is 9.99. The highest BCUT2D eigenvalue weighted by molar-refractivity contribution is 5.95. The number of hydrogen-bond acceptors (Lipinski definition) is 3. The van der Waals surface area contributed by atoms with Crippen LogP contribution in [0.1, 0.15) is 52.4 Å². The fourth-order valence-electron chi connectivity index (χ4n) is 4.64. The fraction of sp³-hybridized carbons (Fsp3) is 0.458. The SMILES string of the molecule is CCC[C@@H]1CN(C(=O)c2cccc(N3Cc4cc(C)c(C)cc4C3)c2)C[C@H]1N. The molecule has 0 saturated carbocycles. The summed E-state index contributed by atoms with van der Waals surface area (Å²) in [6, 6.07) is 12.8. The van der Waals surface area contributed by atoms with Crippen LogP contribution in [0.5, 0.6) is 0 Å². The van der Waals surface area contributed by atoms with Gasteiger partial charge in [0.2, 0.25) is 0 Å². The molecule has 0 unspecified atom stereocenters. The van der Waals surface area contributed by atoms with E-state index in [9.17, 15) is 4.79 Å². The molecule has 2 N–H and O–H groups in total. The molecule has 1 fully saturated rings. The van der Waals surface area contributed by atoms with E-state index in [1.54, 1.807) is 0 Å². The first-order chi connectivity index (χ1) is 13.5. The molecular weight excluding hydrogens is 346 g/mol. The molecule has 4 nitrogen and oxygen atoms in total. The smallest absolute Gasteiger partial charge is 0.253 e. The molecule has 0 aromatic heterocycles. The van der Waals surface area contributed by atoms with Crippen molar-refractivity contribution < 1.29 is 4.79 Å². The normalized spacial score (nSPS) is 21.3. The van der Waals surface area contributed by atoms with E-state index in [4.69, 9.17) is 5.73 Å². The highest BCUT2D eigenvalue weighted by atomic mass is 16.2. The lowest BCUT2D eigenvalue weighted by molar-refractivity contribution is 0.0785. The van der Waals surface area contributed by atoms with Gasteiger partial charge in [-0.3, -0.25) is 4.79 Å². The molecule has 148 valence electrons. The zero-order valence-corrected chi connectivity index (χ0v) is 17.2. The molecule has 0 spiro atoms. The zero-order valence-electron chi connectivity index (χ0n) is 17.2. The van der Waals surface area contributed by atoms with Gasteiger partial charge in [0, 0.05) is 43.5 Å². The molecule has 0 radical (unpaired) electrons. The summed E-state index contributed by atoms with van der Waals surface area (Å²) < 4.78 is 0. The minimum atomic E-state index is 0.103. The zero-order chi connectivity index (χ0) is 19.8. The molecule has 2 aliphatic rings. The molecule has 4 rings (SSSR count). The molecule has 2 aliphatic heterocycles. The van der Waals surface area contributed by atoms with Crippen molar-refractivity contribution in [2.75, 3.05) is 18.0 Å². The second kappa shape index (κ2) is 7.59. The highest BCUT2D eigenvalue weighted by Crippen LogP contribution is 2.31. The Bertz CT molecular complexity index is 860. The summed E-state index contributed by atoms with van der Waals surface area (Å²) in [5.41, 5.74) is 13.6. The van der Waals surface area contributed by atoms with Gasteiger partial charge in [-0.05, 0) is 66.6 Å². The van der Waals surface area contributed by atoms with Crippen LogP contribution < -0.4 is 10.6 Å². The predicted molar refractivity (Wildman–Crippen MR) is 115 cm³/mol. The monoisotopic (exact) mass is 377 g/mol. The van der Waals surface area contributed by atoms with Crippen molar-refractivity contribution in [2.24, 2.45) is 11.7 Å². The van der Waals surface area contributed by atoms with Crippen molar-refractivity contribution in [3.63, 3.8) is 0 Å². The van der Waals surface area contributed by atoms with Crippen LogP contribution in [-0.2, 0) is 13.1 Å². The van der Waals surface area contributed by atoms with Gasteiger partial charge in [0.15, 0.2) is 0 Å². The van der Waals surface area contributed by atoms with Crippen LogP contribution in [0, 0.1) is 19.8 Å². The minimum absolute atomic E-state index is 0.103. The Kier molecular flexibility index (Phi) is 5.15. The van der Waals surface area contributed by atoms with E-state index in [1.165, 1.54) is 22.3 Å². The van der Waals surface area contributed by atoms with E-state index in [-0.39, 0.29) is 11.9 Å². The molecular formula is C24H31N3O. The maximum Gasteiger partial charge on any atom is 0.253 e. The Morgan fingerprint density at radius 3 is 2.39 bits per heavy atom. The third-order valence-electron chi connectivity index (χ3n) is 6.43. The van der Waals surface area contributed by atoms with Crippen LogP contribution >= 0.6 is 0 Å². The number of amides is 1. The first kappa shape index (κ1) is 19.0. The number of likely N-dealkylation sites (tertiary alicyclic amines) is 1. The first-order valence-electron chi connectivity index (χ1n) is 10.4. The summed E-state index contributed by atoms with van der Waals surface area (Å²) in [6.45, 7) is 9.78. The lowest BCUT2D eigenvalue weighted by Crippen LogP contribution is -2.32. The van der Waals surface area contributed by atoms with Crippen molar-refractivity contribution in [1.29, 1.82) is 0 Å². The van der Waals surface area contributed by atoms with Crippen LogP contribution in [-0.4, -0.2) is 29.9 Å². The number of fused-ring (bicyclic) bond motifs is 1. The maximum atomic E-state index is 13.1. The fourth-order valence-corrected chi connectivity index (χ4v) is 4.64. The van der Waals surface area contributed by atoms with Crippen LogP contribution in [0.25, 0.3) is 0 Å². The molecule has 1 saturated heterocycles. The number of hydrogen-bond donors (Lipinski definition) is 1.